The first-order valence-electron chi connectivity index (χ1n) is 9.02. The van der Waals surface area contributed by atoms with E-state index < -0.39 is 0 Å². The van der Waals surface area contributed by atoms with Crippen LogP contribution in [0, 0.1) is 0 Å². The highest BCUT2D eigenvalue weighted by Crippen LogP contribution is 2.16. The second kappa shape index (κ2) is 10.2. The fourth-order valence-electron chi connectivity index (χ4n) is 3.07. The van der Waals surface area contributed by atoms with E-state index in [1.54, 1.807) is 0 Å². The van der Waals surface area contributed by atoms with E-state index in [0.29, 0.717) is 12.6 Å². The Bertz CT molecular complexity index is 271. The summed E-state index contributed by atoms with van der Waals surface area (Å²) in [6, 6.07) is 0.523. The van der Waals surface area contributed by atoms with Crippen LogP contribution in [0.15, 0.2) is 0 Å². The molecule has 1 saturated carbocycles. The van der Waals surface area contributed by atoms with Crippen LogP contribution in [0.4, 0.5) is 0 Å². The van der Waals surface area contributed by atoms with Gasteiger partial charge in [-0.3, -0.25) is 4.79 Å². The lowest BCUT2D eigenvalue weighted by Crippen LogP contribution is -2.46. The van der Waals surface area contributed by atoms with Crippen LogP contribution in [0.3, 0.4) is 0 Å². The van der Waals surface area contributed by atoms with E-state index in [0.717, 1.165) is 0 Å². The Labute approximate surface area is 131 Å². The first-order valence-corrected chi connectivity index (χ1v) is 9.02. The molecule has 0 atom stereocenters. The van der Waals surface area contributed by atoms with Gasteiger partial charge in [0.2, 0.25) is 5.91 Å². The molecule has 0 radical (unpaired) electrons. The van der Waals surface area contributed by atoms with Crippen molar-refractivity contribution in [1.29, 1.82) is 0 Å². The van der Waals surface area contributed by atoms with Crippen LogP contribution >= 0.6 is 0 Å². The SMILES string of the molecule is CC(C)(C)NC(=O)CNC1CCCCCCCCCCC1. The highest BCUT2D eigenvalue weighted by molar-refractivity contribution is 5.78. The molecule has 0 aromatic heterocycles. The van der Waals surface area contributed by atoms with E-state index in [2.05, 4.69) is 10.6 Å². The van der Waals surface area contributed by atoms with Crippen molar-refractivity contribution >= 4 is 5.91 Å². The predicted molar refractivity (Wildman–Crippen MR) is 90.5 cm³/mol. The maximum absolute atomic E-state index is 11.9. The van der Waals surface area contributed by atoms with Crippen molar-refractivity contribution in [2.75, 3.05) is 6.54 Å². The molecule has 0 aliphatic heterocycles. The second-order valence-corrected chi connectivity index (χ2v) is 7.64. The molecule has 3 heteroatoms. The molecule has 1 fully saturated rings. The maximum Gasteiger partial charge on any atom is 0.234 e. The summed E-state index contributed by atoms with van der Waals surface area (Å²) in [4.78, 5) is 11.9. The molecule has 0 heterocycles. The molecular weight excluding hydrogens is 260 g/mol. The number of rotatable bonds is 3. The average Bonchev–Trinajstić information content (AvgIpc) is 2.36. The summed E-state index contributed by atoms with van der Waals surface area (Å²) in [5.41, 5.74) is -0.134. The number of hydrogen-bond acceptors (Lipinski definition) is 2. The van der Waals surface area contributed by atoms with Crippen molar-refractivity contribution in [2.45, 2.75) is 103 Å². The summed E-state index contributed by atoms with van der Waals surface area (Å²) in [7, 11) is 0. The fourth-order valence-corrected chi connectivity index (χ4v) is 3.07. The summed E-state index contributed by atoms with van der Waals surface area (Å²) < 4.78 is 0. The third-order valence-corrected chi connectivity index (χ3v) is 4.17. The molecule has 0 aromatic rings. The zero-order valence-corrected chi connectivity index (χ0v) is 14.5. The van der Waals surface area contributed by atoms with Crippen molar-refractivity contribution in [3.63, 3.8) is 0 Å². The molecule has 1 aliphatic rings. The second-order valence-electron chi connectivity index (χ2n) is 7.64. The molecule has 1 aliphatic carbocycles. The summed E-state index contributed by atoms with van der Waals surface area (Å²) in [5, 5.41) is 6.51. The molecule has 0 saturated heterocycles. The summed E-state index contributed by atoms with van der Waals surface area (Å²) >= 11 is 0. The average molecular weight is 296 g/mol. The van der Waals surface area contributed by atoms with Gasteiger partial charge in [-0.15, -0.1) is 0 Å². The van der Waals surface area contributed by atoms with Gasteiger partial charge in [0.15, 0.2) is 0 Å². The molecule has 21 heavy (non-hydrogen) atoms. The van der Waals surface area contributed by atoms with Crippen LogP contribution in [0.5, 0.6) is 0 Å². The molecule has 0 unspecified atom stereocenters. The van der Waals surface area contributed by atoms with Crippen LogP contribution in [0.25, 0.3) is 0 Å². The van der Waals surface area contributed by atoms with Crippen LogP contribution in [-0.4, -0.2) is 24.0 Å². The molecule has 1 amide bonds. The van der Waals surface area contributed by atoms with Crippen molar-refractivity contribution in [3.05, 3.63) is 0 Å². The Morgan fingerprint density at radius 1 is 0.857 bits per heavy atom. The van der Waals surface area contributed by atoms with Gasteiger partial charge in [-0.2, -0.15) is 0 Å². The van der Waals surface area contributed by atoms with Crippen LogP contribution in [0.2, 0.25) is 0 Å². The first-order chi connectivity index (χ1) is 9.97. The molecule has 0 aromatic carbocycles. The van der Waals surface area contributed by atoms with Crippen LogP contribution < -0.4 is 10.6 Å². The smallest absolute Gasteiger partial charge is 0.234 e. The van der Waals surface area contributed by atoms with Crippen molar-refractivity contribution < 1.29 is 4.79 Å². The largest absolute Gasteiger partial charge is 0.350 e. The number of amides is 1. The molecule has 3 nitrogen and oxygen atoms in total. The third kappa shape index (κ3) is 10.8. The van der Waals surface area contributed by atoms with Gasteiger partial charge in [0, 0.05) is 11.6 Å². The number of hydrogen-bond donors (Lipinski definition) is 2. The van der Waals surface area contributed by atoms with Gasteiger partial charge in [0.25, 0.3) is 0 Å². The van der Waals surface area contributed by atoms with Gasteiger partial charge in [-0.1, -0.05) is 57.8 Å². The highest BCUT2D eigenvalue weighted by atomic mass is 16.2. The molecule has 0 bridgehead atoms. The van der Waals surface area contributed by atoms with Crippen molar-refractivity contribution in [2.24, 2.45) is 0 Å². The molecule has 124 valence electrons. The monoisotopic (exact) mass is 296 g/mol. The van der Waals surface area contributed by atoms with Crippen LogP contribution in [-0.2, 0) is 4.79 Å². The molecule has 1 rings (SSSR count). The van der Waals surface area contributed by atoms with E-state index >= 15 is 0 Å². The van der Waals surface area contributed by atoms with Crippen molar-refractivity contribution in [1.82, 2.24) is 10.6 Å². The highest BCUT2D eigenvalue weighted by Gasteiger charge is 2.15. The zero-order chi connectivity index (χ0) is 15.6. The molecule has 2 N–H and O–H groups in total. The minimum Gasteiger partial charge on any atom is -0.350 e. The Balaban J connectivity index is 2.29. The van der Waals surface area contributed by atoms with Crippen LogP contribution in [0.1, 0.15) is 91.4 Å². The Hall–Kier alpha value is -0.570. The van der Waals surface area contributed by atoms with Gasteiger partial charge in [0.1, 0.15) is 0 Å². The Morgan fingerprint density at radius 2 is 1.29 bits per heavy atom. The van der Waals surface area contributed by atoms with E-state index in [1.165, 1.54) is 70.6 Å². The summed E-state index contributed by atoms with van der Waals surface area (Å²) in [6.07, 6.45) is 14.8. The van der Waals surface area contributed by atoms with Crippen molar-refractivity contribution in [3.8, 4) is 0 Å². The van der Waals surface area contributed by atoms with Gasteiger partial charge in [-0.25, -0.2) is 0 Å². The number of carbonyl (C=O) groups is 1. The lowest BCUT2D eigenvalue weighted by Gasteiger charge is -2.23. The zero-order valence-electron chi connectivity index (χ0n) is 14.5. The molecule has 0 spiro atoms. The van der Waals surface area contributed by atoms with Gasteiger partial charge in [0.05, 0.1) is 6.54 Å². The third-order valence-electron chi connectivity index (χ3n) is 4.17. The fraction of sp³-hybridized carbons (Fsp3) is 0.944. The Morgan fingerprint density at radius 3 is 1.71 bits per heavy atom. The van der Waals surface area contributed by atoms with Gasteiger partial charge < -0.3 is 10.6 Å². The van der Waals surface area contributed by atoms with E-state index in [4.69, 9.17) is 0 Å². The quantitative estimate of drug-likeness (QED) is 0.821. The maximum atomic E-state index is 11.9. The normalized spacial score (nSPS) is 20.3. The number of nitrogens with one attached hydrogen (secondary N) is 2. The molecular formula is C18H36N2O. The topological polar surface area (TPSA) is 41.1 Å². The first kappa shape index (κ1) is 18.5. The minimum absolute atomic E-state index is 0.119. The van der Waals surface area contributed by atoms with E-state index in [9.17, 15) is 4.79 Å². The Kier molecular flexibility index (Phi) is 8.98. The number of carbonyl (C=O) groups excluding carboxylic acids is 1. The van der Waals surface area contributed by atoms with E-state index in [-0.39, 0.29) is 11.4 Å². The summed E-state index contributed by atoms with van der Waals surface area (Å²) in [5.74, 6) is 0.119. The predicted octanol–water partition coefficient (Wildman–Crippen LogP) is 4.16. The minimum atomic E-state index is -0.134. The standard InChI is InChI=1S/C18H36N2O/c1-18(2,3)20-17(21)15-19-16-13-11-9-7-5-4-6-8-10-12-14-16/h16,19H,4-15H2,1-3H3,(H,20,21). The van der Waals surface area contributed by atoms with E-state index in [1.807, 2.05) is 20.8 Å². The lowest BCUT2D eigenvalue weighted by molar-refractivity contribution is -0.121. The van der Waals surface area contributed by atoms with Gasteiger partial charge in [-0.05, 0) is 33.6 Å². The summed E-state index contributed by atoms with van der Waals surface area (Å²) in [6.45, 7) is 6.55. The lowest BCUT2D eigenvalue weighted by atomic mass is 9.98. The van der Waals surface area contributed by atoms with Gasteiger partial charge >= 0.3 is 0 Å².